The van der Waals surface area contributed by atoms with Gasteiger partial charge in [0.25, 0.3) is 5.91 Å². The number of oxazole rings is 1. The highest BCUT2D eigenvalue weighted by molar-refractivity contribution is 7.80. The smallest absolute Gasteiger partial charge is 0.257 e. The van der Waals surface area contributed by atoms with Crippen molar-refractivity contribution in [2.75, 3.05) is 5.32 Å². The standard InChI is InChI=1S/C31H27N3O3S/c1-19-16-20(2)28-27(17-19)32-30(37-28)25-10-7-11-26(21(25)3)33-31(38)34-29(35)23-12-14-24(15-13-23)36-18-22-8-5-4-6-9-22/h4-17H,18H2,1-3H3,(H2,33,34,35,38). The van der Waals surface area contributed by atoms with Gasteiger partial charge in [0.15, 0.2) is 10.7 Å². The number of aromatic nitrogens is 1. The number of nitrogens with zero attached hydrogens (tertiary/aromatic N) is 1. The van der Waals surface area contributed by atoms with Crippen LogP contribution >= 0.6 is 12.2 Å². The van der Waals surface area contributed by atoms with Gasteiger partial charge in [0.1, 0.15) is 17.9 Å². The van der Waals surface area contributed by atoms with Crippen LogP contribution in [0.2, 0.25) is 0 Å². The van der Waals surface area contributed by atoms with Gasteiger partial charge in [-0.3, -0.25) is 10.1 Å². The first kappa shape index (κ1) is 25.2. The molecule has 1 heterocycles. The highest BCUT2D eigenvalue weighted by atomic mass is 32.1. The number of aryl methyl sites for hydroxylation is 2. The van der Waals surface area contributed by atoms with E-state index in [-0.39, 0.29) is 11.0 Å². The molecule has 0 atom stereocenters. The number of carbonyl (C=O) groups excluding carboxylic acids is 1. The average Bonchev–Trinajstić information content (AvgIpc) is 3.34. The zero-order valence-electron chi connectivity index (χ0n) is 21.4. The van der Waals surface area contributed by atoms with Crippen molar-refractivity contribution in [3.63, 3.8) is 0 Å². The van der Waals surface area contributed by atoms with Crippen LogP contribution in [0.3, 0.4) is 0 Å². The van der Waals surface area contributed by atoms with Gasteiger partial charge in [-0.15, -0.1) is 0 Å². The normalized spacial score (nSPS) is 10.8. The lowest BCUT2D eigenvalue weighted by molar-refractivity contribution is 0.0977. The number of ether oxygens (including phenoxy) is 1. The lowest BCUT2D eigenvalue weighted by atomic mass is 10.1. The summed E-state index contributed by atoms with van der Waals surface area (Å²) >= 11 is 5.43. The van der Waals surface area contributed by atoms with E-state index in [1.165, 1.54) is 0 Å². The zero-order chi connectivity index (χ0) is 26.6. The summed E-state index contributed by atoms with van der Waals surface area (Å²) in [6, 6.07) is 26.7. The number of amides is 1. The minimum absolute atomic E-state index is 0.198. The van der Waals surface area contributed by atoms with Gasteiger partial charge >= 0.3 is 0 Å². The highest BCUT2D eigenvalue weighted by Crippen LogP contribution is 2.32. The topological polar surface area (TPSA) is 76.4 Å². The molecule has 0 spiro atoms. The van der Waals surface area contributed by atoms with E-state index in [9.17, 15) is 4.79 Å². The maximum absolute atomic E-state index is 12.8. The number of fused-ring (bicyclic) bond motifs is 1. The first-order chi connectivity index (χ1) is 18.4. The first-order valence-electron chi connectivity index (χ1n) is 12.2. The monoisotopic (exact) mass is 521 g/mol. The fourth-order valence-electron chi connectivity index (χ4n) is 4.27. The van der Waals surface area contributed by atoms with Gasteiger partial charge in [0.2, 0.25) is 5.89 Å². The van der Waals surface area contributed by atoms with E-state index in [4.69, 9.17) is 26.4 Å². The summed E-state index contributed by atoms with van der Waals surface area (Å²) in [6.07, 6.45) is 0. The van der Waals surface area contributed by atoms with Gasteiger partial charge < -0.3 is 14.5 Å². The summed E-state index contributed by atoms with van der Waals surface area (Å²) in [5, 5.41) is 6.07. The molecule has 0 radical (unpaired) electrons. The lowest BCUT2D eigenvalue weighted by Crippen LogP contribution is -2.34. The quantitative estimate of drug-likeness (QED) is 0.232. The van der Waals surface area contributed by atoms with Crippen LogP contribution in [0.5, 0.6) is 5.75 Å². The molecular weight excluding hydrogens is 494 g/mol. The molecule has 0 bridgehead atoms. The Bertz CT molecular complexity index is 1630. The van der Waals surface area contributed by atoms with Crippen molar-refractivity contribution in [3.8, 4) is 17.2 Å². The molecule has 5 rings (SSSR count). The molecule has 0 fully saturated rings. The summed E-state index contributed by atoms with van der Waals surface area (Å²) in [6.45, 7) is 6.48. The molecule has 4 aromatic carbocycles. The van der Waals surface area contributed by atoms with Crippen molar-refractivity contribution < 1.29 is 13.9 Å². The van der Waals surface area contributed by atoms with Crippen LogP contribution < -0.4 is 15.4 Å². The second-order valence-corrected chi connectivity index (χ2v) is 9.54. The molecule has 1 aromatic heterocycles. The Labute approximate surface area is 226 Å². The maximum Gasteiger partial charge on any atom is 0.257 e. The van der Waals surface area contributed by atoms with Crippen molar-refractivity contribution in [1.29, 1.82) is 0 Å². The molecule has 0 aliphatic heterocycles. The molecule has 0 saturated carbocycles. The number of nitrogens with one attached hydrogen (secondary N) is 2. The number of hydrogen-bond acceptors (Lipinski definition) is 5. The van der Waals surface area contributed by atoms with E-state index in [0.717, 1.165) is 44.6 Å². The Morgan fingerprint density at radius 1 is 0.947 bits per heavy atom. The summed E-state index contributed by atoms with van der Waals surface area (Å²) in [5.41, 5.74) is 7.86. The van der Waals surface area contributed by atoms with Crippen LogP contribution in [-0.4, -0.2) is 16.0 Å². The van der Waals surface area contributed by atoms with Crippen molar-refractivity contribution in [1.82, 2.24) is 10.3 Å². The molecule has 6 nitrogen and oxygen atoms in total. The van der Waals surface area contributed by atoms with Crippen LogP contribution in [0.15, 0.2) is 89.3 Å². The van der Waals surface area contributed by atoms with Crippen molar-refractivity contribution >= 4 is 40.0 Å². The van der Waals surface area contributed by atoms with Crippen molar-refractivity contribution in [3.05, 3.63) is 113 Å². The maximum atomic E-state index is 12.8. The van der Waals surface area contributed by atoms with Crippen molar-refractivity contribution in [2.24, 2.45) is 0 Å². The summed E-state index contributed by atoms with van der Waals surface area (Å²) in [5.74, 6) is 0.915. The fraction of sp³-hybridized carbons (Fsp3) is 0.129. The number of rotatable bonds is 6. The molecule has 5 aromatic rings. The lowest BCUT2D eigenvalue weighted by Gasteiger charge is -2.13. The average molecular weight is 522 g/mol. The van der Waals surface area contributed by atoms with Crippen LogP contribution in [0.25, 0.3) is 22.6 Å². The van der Waals surface area contributed by atoms with Crippen molar-refractivity contribution in [2.45, 2.75) is 27.4 Å². The number of benzene rings is 4. The molecule has 0 unspecified atom stereocenters. The fourth-order valence-corrected chi connectivity index (χ4v) is 4.47. The van der Waals surface area contributed by atoms with E-state index in [1.54, 1.807) is 24.3 Å². The molecule has 190 valence electrons. The summed E-state index contributed by atoms with van der Waals surface area (Å²) in [4.78, 5) is 17.5. The number of hydrogen-bond donors (Lipinski definition) is 2. The molecular formula is C31H27N3O3S. The summed E-state index contributed by atoms with van der Waals surface area (Å²) in [7, 11) is 0. The molecule has 2 N–H and O–H groups in total. The third-order valence-corrected chi connectivity index (χ3v) is 6.43. The Hall–Kier alpha value is -4.49. The van der Waals surface area contributed by atoms with E-state index in [0.29, 0.717) is 23.8 Å². The molecule has 0 aliphatic carbocycles. The number of anilines is 1. The van der Waals surface area contributed by atoms with Crippen LogP contribution in [0.4, 0.5) is 5.69 Å². The second-order valence-electron chi connectivity index (χ2n) is 9.13. The van der Waals surface area contributed by atoms with Gasteiger partial charge in [-0.25, -0.2) is 4.98 Å². The molecule has 38 heavy (non-hydrogen) atoms. The molecule has 0 saturated heterocycles. The Morgan fingerprint density at radius 3 is 2.47 bits per heavy atom. The molecule has 7 heteroatoms. The minimum atomic E-state index is -0.310. The third kappa shape index (κ3) is 5.58. The van der Waals surface area contributed by atoms with E-state index < -0.39 is 0 Å². The van der Waals surface area contributed by atoms with Gasteiger partial charge in [-0.1, -0.05) is 42.5 Å². The van der Waals surface area contributed by atoms with Gasteiger partial charge in [-0.05, 0) is 97.7 Å². The van der Waals surface area contributed by atoms with Gasteiger partial charge in [0, 0.05) is 16.8 Å². The Kier molecular flexibility index (Phi) is 7.20. The van der Waals surface area contributed by atoms with E-state index >= 15 is 0 Å². The Balaban J connectivity index is 1.24. The van der Waals surface area contributed by atoms with E-state index in [2.05, 4.69) is 16.7 Å². The van der Waals surface area contributed by atoms with Crippen LogP contribution in [0.1, 0.15) is 32.6 Å². The predicted molar refractivity (Wildman–Crippen MR) is 155 cm³/mol. The number of thiocarbonyl (C=S) groups is 1. The number of carbonyl (C=O) groups is 1. The largest absolute Gasteiger partial charge is 0.489 e. The minimum Gasteiger partial charge on any atom is -0.489 e. The first-order valence-corrected chi connectivity index (χ1v) is 12.6. The zero-order valence-corrected chi connectivity index (χ0v) is 22.2. The van der Waals surface area contributed by atoms with Gasteiger partial charge in [0.05, 0.1) is 0 Å². The third-order valence-electron chi connectivity index (χ3n) is 6.22. The second kappa shape index (κ2) is 10.9. The SMILES string of the molecule is Cc1cc(C)c2oc(-c3cccc(NC(=S)NC(=O)c4ccc(OCc5ccccc5)cc4)c3C)nc2c1. The highest BCUT2D eigenvalue weighted by Gasteiger charge is 2.16. The molecule has 0 aliphatic rings. The van der Waals surface area contributed by atoms with Crippen LogP contribution in [-0.2, 0) is 6.61 Å². The van der Waals surface area contributed by atoms with Gasteiger partial charge in [-0.2, -0.15) is 0 Å². The Morgan fingerprint density at radius 2 is 1.71 bits per heavy atom. The molecule has 1 amide bonds. The van der Waals surface area contributed by atoms with Crippen LogP contribution in [0, 0.1) is 20.8 Å². The predicted octanol–water partition coefficient (Wildman–Crippen LogP) is 7.13. The van der Waals surface area contributed by atoms with E-state index in [1.807, 2.05) is 75.4 Å². The summed E-state index contributed by atoms with van der Waals surface area (Å²) < 4.78 is 11.9.